The molecule has 2 aromatic heterocycles. The van der Waals surface area contributed by atoms with Crippen LogP contribution in [0.5, 0.6) is 5.75 Å². The highest BCUT2D eigenvalue weighted by Crippen LogP contribution is 2.45. The summed E-state index contributed by atoms with van der Waals surface area (Å²) in [6.45, 7) is 6.40. The Morgan fingerprint density at radius 2 is 2.00 bits per heavy atom. The van der Waals surface area contributed by atoms with Crippen molar-refractivity contribution in [3.05, 3.63) is 59.0 Å². The molecule has 38 heavy (non-hydrogen) atoms. The fraction of sp³-hybridized carbons (Fsp3) is 0.357. The number of hydrogen-bond acceptors (Lipinski definition) is 4. The maximum atomic E-state index is 14.4. The molecule has 2 aromatic carbocycles. The van der Waals surface area contributed by atoms with Crippen molar-refractivity contribution < 1.29 is 23.0 Å². The highest BCUT2D eigenvalue weighted by atomic mass is 79.9. The second kappa shape index (κ2) is 8.56. The number of amides is 1. The molecule has 2 atom stereocenters. The summed E-state index contributed by atoms with van der Waals surface area (Å²) < 4.78 is 43.6. The number of imidazole rings is 1. The Labute approximate surface area is 226 Å². The average Bonchev–Trinajstić information content (AvgIpc) is 3.52. The van der Waals surface area contributed by atoms with Crippen molar-refractivity contribution in [1.29, 1.82) is 0 Å². The molecule has 4 aromatic rings. The minimum Gasteiger partial charge on any atom is -0.470 e. The molecule has 6 rings (SSSR count). The number of ether oxygens (including phenoxy) is 2. The molecular weight excluding hydrogens is 558 g/mol. The van der Waals surface area contributed by atoms with Gasteiger partial charge < -0.3 is 19.0 Å². The fourth-order valence-corrected chi connectivity index (χ4v) is 5.65. The zero-order valence-corrected chi connectivity index (χ0v) is 23.0. The van der Waals surface area contributed by atoms with Crippen LogP contribution in [0.3, 0.4) is 0 Å². The fourth-order valence-electron chi connectivity index (χ4n) is 5.27. The molecule has 1 unspecified atom stereocenters. The minimum absolute atomic E-state index is 0.216. The van der Waals surface area contributed by atoms with Crippen molar-refractivity contribution in [1.82, 2.24) is 19.4 Å². The van der Waals surface area contributed by atoms with Gasteiger partial charge in [0.05, 0.1) is 35.7 Å². The smallest absolute Gasteiger partial charge is 0.411 e. The Hall–Kier alpha value is -3.40. The standard InChI is InChI=1S/C28H27BrF2N4O3/c1-15-35-21-8-6-18(29)9-17(21)10-22(35)19-7-5-16(11-24(19)37-15)20-13-32-25(33-20)23-12-28(30,31)14-34(23)26(36)38-27(2,3)4/h5-11,13,15,23H,12,14H2,1-4H3,(H,32,33)/t15?,23-/m0/s1. The zero-order chi connectivity index (χ0) is 27.0. The molecule has 0 spiro atoms. The first-order valence-electron chi connectivity index (χ1n) is 12.4. The first-order chi connectivity index (χ1) is 17.9. The van der Waals surface area contributed by atoms with Gasteiger partial charge in [-0.15, -0.1) is 0 Å². The molecule has 2 aliphatic heterocycles. The summed E-state index contributed by atoms with van der Waals surface area (Å²) in [5.74, 6) is -2.01. The van der Waals surface area contributed by atoms with E-state index >= 15 is 0 Å². The SMILES string of the molecule is CC1Oc2cc(-c3cnc([C@@H]4CC(F)(F)CN4C(=O)OC(C)(C)C)[nH]3)ccc2-c2cc3cc(Br)ccc3n21. The molecule has 198 valence electrons. The normalized spacial score (nSPS) is 20.2. The molecule has 1 amide bonds. The first-order valence-corrected chi connectivity index (χ1v) is 13.2. The van der Waals surface area contributed by atoms with Gasteiger partial charge in [0, 0.05) is 27.4 Å². The number of benzene rings is 2. The number of nitrogens with zero attached hydrogens (tertiary/aromatic N) is 3. The lowest BCUT2D eigenvalue weighted by molar-refractivity contribution is -0.00248. The van der Waals surface area contributed by atoms with E-state index in [1.54, 1.807) is 27.0 Å². The first kappa shape index (κ1) is 24.9. The van der Waals surface area contributed by atoms with E-state index in [1.165, 1.54) is 0 Å². The number of carbonyl (C=O) groups excluding carboxylic acids is 1. The Morgan fingerprint density at radius 3 is 2.76 bits per heavy atom. The number of likely N-dealkylation sites (tertiary alicyclic amines) is 1. The van der Waals surface area contributed by atoms with Gasteiger partial charge in [-0.2, -0.15) is 0 Å². The van der Waals surface area contributed by atoms with Crippen LogP contribution in [0, 0.1) is 0 Å². The molecule has 1 saturated heterocycles. The average molecular weight is 585 g/mol. The minimum atomic E-state index is -3.03. The van der Waals surface area contributed by atoms with Crippen LogP contribution in [-0.4, -0.2) is 43.6 Å². The van der Waals surface area contributed by atoms with Crippen molar-refractivity contribution in [2.24, 2.45) is 0 Å². The van der Waals surface area contributed by atoms with E-state index < -0.39 is 36.6 Å². The quantitative estimate of drug-likeness (QED) is 0.262. The number of carbonyl (C=O) groups is 1. The third kappa shape index (κ3) is 4.34. The summed E-state index contributed by atoms with van der Waals surface area (Å²) in [5.41, 5.74) is 3.77. The maximum Gasteiger partial charge on any atom is 0.411 e. The molecule has 1 N–H and O–H groups in total. The van der Waals surface area contributed by atoms with E-state index in [2.05, 4.69) is 48.7 Å². The number of rotatable bonds is 2. The maximum absolute atomic E-state index is 14.4. The third-order valence-corrected chi connectivity index (χ3v) is 7.33. The van der Waals surface area contributed by atoms with Crippen molar-refractivity contribution in [2.45, 2.75) is 57.9 Å². The van der Waals surface area contributed by atoms with Crippen LogP contribution < -0.4 is 4.74 Å². The van der Waals surface area contributed by atoms with E-state index in [9.17, 15) is 13.6 Å². The van der Waals surface area contributed by atoms with Gasteiger partial charge in [-0.3, -0.25) is 4.90 Å². The van der Waals surface area contributed by atoms with Gasteiger partial charge in [-0.25, -0.2) is 18.6 Å². The number of halogens is 3. The summed E-state index contributed by atoms with van der Waals surface area (Å²) in [6, 6.07) is 13.3. The van der Waals surface area contributed by atoms with Gasteiger partial charge in [0.1, 0.15) is 17.2 Å². The Kier molecular flexibility index (Phi) is 5.61. The van der Waals surface area contributed by atoms with Crippen molar-refractivity contribution in [3.8, 4) is 28.3 Å². The number of H-pyrrole nitrogens is 1. The number of aromatic amines is 1. The second-order valence-corrected chi connectivity index (χ2v) is 11.8. The lowest BCUT2D eigenvalue weighted by Gasteiger charge is -2.28. The number of nitrogens with one attached hydrogen (secondary N) is 1. The molecule has 2 aliphatic rings. The molecule has 7 nitrogen and oxygen atoms in total. The Morgan fingerprint density at radius 1 is 1.21 bits per heavy atom. The predicted molar refractivity (Wildman–Crippen MR) is 143 cm³/mol. The van der Waals surface area contributed by atoms with Crippen molar-refractivity contribution in [2.75, 3.05) is 6.54 Å². The van der Waals surface area contributed by atoms with Gasteiger partial charge in [-0.05, 0) is 64.1 Å². The van der Waals surface area contributed by atoms with Crippen LogP contribution in [0.4, 0.5) is 13.6 Å². The van der Waals surface area contributed by atoms with Crippen molar-refractivity contribution >= 4 is 32.9 Å². The second-order valence-electron chi connectivity index (χ2n) is 10.9. The van der Waals surface area contributed by atoms with Gasteiger partial charge >= 0.3 is 6.09 Å². The summed E-state index contributed by atoms with van der Waals surface area (Å²) in [7, 11) is 0. The van der Waals surface area contributed by atoms with E-state index in [0.717, 1.165) is 42.8 Å². The number of fused-ring (bicyclic) bond motifs is 5. The molecule has 10 heteroatoms. The zero-order valence-electron chi connectivity index (χ0n) is 21.4. The van der Waals surface area contributed by atoms with Gasteiger partial charge in [-0.1, -0.05) is 22.0 Å². The number of hydrogen-bond donors (Lipinski definition) is 1. The van der Waals surface area contributed by atoms with Gasteiger partial charge in [0.2, 0.25) is 0 Å². The lowest BCUT2D eigenvalue weighted by atomic mass is 10.0. The molecule has 0 bridgehead atoms. The highest BCUT2D eigenvalue weighted by molar-refractivity contribution is 9.10. The topological polar surface area (TPSA) is 72.4 Å². The van der Waals surface area contributed by atoms with Crippen molar-refractivity contribution in [3.63, 3.8) is 0 Å². The largest absolute Gasteiger partial charge is 0.470 e. The third-order valence-electron chi connectivity index (χ3n) is 6.84. The van der Waals surface area contributed by atoms with Crippen LogP contribution in [0.1, 0.15) is 52.2 Å². The summed E-state index contributed by atoms with van der Waals surface area (Å²) in [6.07, 6.45) is 0.0785. The van der Waals surface area contributed by atoms with Gasteiger partial charge in [0.25, 0.3) is 5.92 Å². The van der Waals surface area contributed by atoms with E-state index in [0.29, 0.717) is 11.5 Å². The van der Waals surface area contributed by atoms with Gasteiger partial charge in [0.15, 0.2) is 6.23 Å². The van der Waals surface area contributed by atoms with E-state index in [-0.39, 0.29) is 6.23 Å². The summed E-state index contributed by atoms with van der Waals surface area (Å²) >= 11 is 3.54. The summed E-state index contributed by atoms with van der Waals surface area (Å²) in [4.78, 5) is 21.3. The summed E-state index contributed by atoms with van der Waals surface area (Å²) in [5, 5.41) is 1.11. The Bertz CT molecular complexity index is 1570. The molecular formula is C28H27BrF2N4O3. The van der Waals surface area contributed by atoms with Crippen LogP contribution in [0.15, 0.2) is 53.1 Å². The monoisotopic (exact) mass is 584 g/mol. The van der Waals surface area contributed by atoms with Crippen LogP contribution in [0.2, 0.25) is 0 Å². The molecule has 0 aliphatic carbocycles. The lowest BCUT2D eigenvalue weighted by Crippen LogP contribution is -2.38. The van der Waals surface area contributed by atoms with Crippen LogP contribution in [0.25, 0.3) is 33.4 Å². The highest BCUT2D eigenvalue weighted by Gasteiger charge is 2.50. The molecule has 1 fully saturated rings. The van der Waals surface area contributed by atoms with Crippen LogP contribution in [-0.2, 0) is 4.74 Å². The Balaban J connectivity index is 1.32. The number of alkyl halides is 2. The van der Waals surface area contributed by atoms with E-state index in [1.807, 2.05) is 31.2 Å². The predicted octanol–water partition coefficient (Wildman–Crippen LogP) is 7.69. The van der Waals surface area contributed by atoms with E-state index in [4.69, 9.17) is 9.47 Å². The molecule has 4 heterocycles. The molecule has 0 radical (unpaired) electrons. The molecule has 0 saturated carbocycles. The number of aromatic nitrogens is 3. The van der Waals surface area contributed by atoms with Crippen LogP contribution >= 0.6 is 15.9 Å².